The zero-order chi connectivity index (χ0) is 19.9. The first kappa shape index (κ1) is 19.5. The Kier molecular flexibility index (Phi) is 6.34. The van der Waals surface area contributed by atoms with Gasteiger partial charge in [-0.05, 0) is 36.2 Å². The summed E-state index contributed by atoms with van der Waals surface area (Å²) in [6, 6.07) is 19.9. The highest BCUT2D eigenvalue weighted by Gasteiger charge is 2.15. The van der Waals surface area contributed by atoms with E-state index in [4.69, 9.17) is 0 Å². The molecule has 0 fully saturated rings. The molecule has 142 valence electrons. The van der Waals surface area contributed by atoms with Crippen LogP contribution in [-0.4, -0.2) is 17.6 Å². The Morgan fingerprint density at radius 1 is 0.857 bits per heavy atom. The highest BCUT2D eigenvalue weighted by Crippen LogP contribution is 2.20. The van der Waals surface area contributed by atoms with Crippen LogP contribution in [0, 0.1) is 0 Å². The molecular weight excluding hydrogens is 372 g/mol. The molecule has 3 rings (SSSR count). The van der Waals surface area contributed by atoms with Crippen molar-refractivity contribution in [3.8, 4) is 0 Å². The number of hydrogen-bond acceptors (Lipinski definition) is 4. The number of nitrogens with one attached hydrogen (secondary N) is 2. The van der Waals surface area contributed by atoms with Gasteiger partial charge in [-0.2, -0.15) is 0 Å². The van der Waals surface area contributed by atoms with Gasteiger partial charge in [-0.3, -0.25) is 14.4 Å². The molecule has 0 aliphatic heterocycles. The largest absolute Gasteiger partial charge is 0.343 e. The Labute approximate surface area is 167 Å². The minimum absolute atomic E-state index is 0.0588. The summed E-state index contributed by atoms with van der Waals surface area (Å²) < 4.78 is 0. The molecule has 0 spiro atoms. The molecule has 0 radical (unpaired) electrons. The highest BCUT2D eigenvalue weighted by molar-refractivity contribution is 7.14. The standard InChI is InChI=1S/C22H20N2O3S/c1-2-15-8-10-17(11-9-15)24-22(27)21(26)23-14-18-12-13-19(28-18)20(25)16-6-4-3-5-7-16/h3-13H,2,14H2,1H3,(H,23,26)(H,24,27). The molecule has 0 unspecified atom stereocenters. The van der Waals surface area contributed by atoms with Crippen molar-refractivity contribution in [2.45, 2.75) is 19.9 Å². The third-order valence-corrected chi connectivity index (χ3v) is 5.25. The van der Waals surface area contributed by atoms with E-state index in [-0.39, 0.29) is 12.3 Å². The lowest BCUT2D eigenvalue weighted by Crippen LogP contribution is -2.34. The molecule has 1 heterocycles. The number of amides is 2. The molecule has 0 saturated carbocycles. The second kappa shape index (κ2) is 9.10. The molecule has 5 nitrogen and oxygen atoms in total. The molecule has 28 heavy (non-hydrogen) atoms. The smallest absolute Gasteiger partial charge is 0.313 e. The fourth-order valence-electron chi connectivity index (χ4n) is 2.59. The minimum Gasteiger partial charge on any atom is -0.343 e. The molecule has 2 N–H and O–H groups in total. The maximum Gasteiger partial charge on any atom is 0.313 e. The number of anilines is 1. The lowest BCUT2D eigenvalue weighted by molar-refractivity contribution is -0.136. The first-order valence-corrected chi connectivity index (χ1v) is 9.75. The summed E-state index contributed by atoms with van der Waals surface area (Å²) in [5, 5.41) is 5.15. The third-order valence-electron chi connectivity index (χ3n) is 4.17. The van der Waals surface area contributed by atoms with Crippen LogP contribution in [0.3, 0.4) is 0 Å². The van der Waals surface area contributed by atoms with Gasteiger partial charge in [0.25, 0.3) is 0 Å². The number of rotatable bonds is 6. The summed E-state index contributed by atoms with van der Waals surface area (Å²) in [5.74, 6) is -1.50. The fourth-order valence-corrected chi connectivity index (χ4v) is 3.50. The van der Waals surface area contributed by atoms with E-state index < -0.39 is 11.8 Å². The van der Waals surface area contributed by atoms with Gasteiger partial charge in [-0.1, -0.05) is 49.4 Å². The van der Waals surface area contributed by atoms with Crippen molar-refractivity contribution in [2.24, 2.45) is 0 Å². The summed E-state index contributed by atoms with van der Waals surface area (Å²) in [7, 11) is 0. The number of carbonyl (C=O) groups is 3. The van der Waals surface area contributed by atoms with E-state index in [1.54, 1.807) is 36.4 Å². The van der Waals surface area contributed by atoms with Gasteiger partial charge in [-0.25, -0.2) is 0 Å². The van der Waals surface area contributed by atoms with Gasteiger partial charge < -0.3 is 10.6 Å². The minimum atomic E-state index is -0.721. The second-order valence-electron chi connectivity index (χ2n) is 6.15. The predicted molar refractivity (Wildman–Crippen MR) is 110 cm³/mol. The van der Waals surface area contributed by atoms with Gasteiger partial charge in [-0.15, -0.1) is 11.3 Å². The number of hydrogen-bond donors (Lipinski definition) is 2. The van der Waals surface area contributed by atoms with Crippen LogP contribution in [0.15, 0.2) is 66.7 Å². The van der Waals surface area contributed by atoms with Crippen molar-refractivity contribution in [1.82, 2.24) is 5.32 Å². The van der Waals surface area contributed by atoms with Crippen molar-refractivity contribution in [3.63, 3.8) is 0 Å². The summed E-state index contributed by atoms with van der Waals surface area (Å²) in [5.41, 5.74) is 2.35. The van der Waals surface area contributed by atoms with E-state index >= 15 is 0 Å². The fraction of sp³-hybridized carbons (Fsp3) is 0.136. The van der Waals surface area contributed by atoms with Crippen molar-refractivity contribution in [3.05, 3.63) is 87.6 Å². The number of aryl methyl sites for hydroxylation is 1. The van der Waals surface area contributed by atoms with E-state index in [0.29, 0.717) is 16.1 Å². The molecule has 0 bridgehead atoms. The van der Waals surface area contributed by atoms with Crippen LogP contribution in [-0.2, 0) is 22.6 Å². The lowest BCUT2D eigenvalue weighted by Gasteiger charge is -2.06. The Balaban J connectivity index is 1.53. The number of benzene rings is 2. The monoisotopic (exact) mass is 392 g/mol. The van der Waals surface area contributed by atoms with Gasteiger partial charge in [0, 0.05) is 16.1 Å². The van der Waals surface area contributed by atoms with Crippen LogP contribution in [0.4, 0.5) is 5.69 Å². The van der Waals surface area contributed by atoms with Crippen LogP contribution in [0.25, 0.3) is 0 Å². The molecule has 0 saturated heterocycles. The van der Waals surface area contributed by atoms with Crippen LogP contribution >= 0.6 is 11.3 Å². The SMILES string of the molecule is CCc1ccc(NC(=O)C(=O)NCc2ccc(C(=O)c3ccccc3)s2)cc1. The Morgan fingerprint density at radius 3 is 2.25 bits per heavy atom. The molecule has 2 aromatic carbocycles. The molecule has 3 aromatic rings. The number of carbonyl (C=O) groups excluding carboxylic acids is 3. The highest BCUT2D eigenvalue weighted by atomic mass is 32.1. The van der Waals surface area contributed by atoms with Crippen LogP contribution in [0.2, 0.25) is 0 Å². The van der Waals surface area contributed by atoms with Crippen molar-refractivity contribution >= 4 is 34.6 Å². The quantitative estimate of drug-likeness (QED) is 0.495. The molecule has 0 atom stereocenters. The molecular formula is C22H20N2O3S. The third kappa shape index (κ3) is 4.92. The van der Waals surface area contributed by atoms with Gasteiger partial charge in [0.15, 0.2) is 0 Å². The Hall–Kier alpha value is -3.25. The summed E-state index contributed by atoms with van der Waals surface area (Å²) in [6.45, 7) is 2.23. The van der Waals surface area contributed by atoms with Crippen LogP contribution in [0.5, 0.6) is 0 Å². The zero-order valence-corrected chi connectivity index (χ0v) is 16.2. The maximum atomic E-state index is 12.4. The van der Waals surface area contributed by atoms with E-state index in [1.165, 1.54) is 11.3 Å². The first-order chi connectivity index (χ1) is 13.6. The summed E-state index contributed by atoms with van der Waals surface area (Å²) in [6.07, 6.45) is 0.907. The van der Waals surface area contributed by atoms with Gasteiger partial charge >= 0.3 is 11.8 Å². The average molecular weight is 392 g/mol. The van der Waals surface area contributed by atoms with E-state index in [9.17, 15) is 14.4 Å². The molecule has 2 amide bonds. The Morgan fingerprint density at radius 2 is 1.57 bits per heavy atom. The molecule has 0 aliphatic rings. The van der Waals surface area contributed by atoms with E-state index in [0.717, 1.165) is 16.9 Å². The molecule has 6 heteroatoms. The van der Waals surface area contributed by atoms with Gasteiger partial charge in [0.2, 0.25) is 5.78 Å². The van der Waals surface area contributed by atoms with E-state index in [2.05, 4.69) is 10.6 Å². The van der Waals surface area contributed by atoms with Crippen LogP contribution < -0.4 is 10.6 Å². The van der Waals surface area contributed by atoms with E-state index in [1.807, 2.05) is 37.3 Å². The van der Waals surface area contributed by atoms with Gasteiger partial charge in [0.1, 0.15) is 0 Å². The zero-order valence-electron chi connectivity index (χ0n) is 15.4. The molecule has 1 aromatic heterocycles. The summed E-state index contributed by atoms with van der Waals surface area (Å²) >= 11 is 1.30. The predicted octanol–water partition coefficient (Wildman–Crippen LogP) is 3.80. The number of ketones is 1. The maximum absolute atomic E-state index is 12.4. The van der Waals surface area contributed by atoms with Crippen molar-refractivity contribution in [1.29, 1.82) is 0 Å². The van der Waals surface area contributed by atoms with Crippen molar-refractivity contribution < 1.29 is 14.4 Å². The van der Waals surface area contributed by atoms with Crippen molar-refractivity contribution in [2.75, 3.05) is 5.32 Å². The van der Waals surface area contributed by atoms with Crippen LogP contribution in [0.1, 0.15) is 32.6 Å². The second-order valence-corrected chi connectivity index (χ2v) is 7.32. The lowest BCUT2D eigenvalue weighted by atomic mass is 10.1. The first-order valence-electron chi connectivity index (χ1n) is 8.93. The normalized spacial score (nSPS) is 10.3. The van der Waals surface area contributed by atoms with Gasteiger partial charge in [0.05, 0.1) is 11.4 Å². The summed E-state index contributed by atoms with van der Waals surface area (Å²) in [4.78, 5) is 37.8. The number of thiophene rings is 1. The molecule has 0 aliphatic carbocycles. The topological polar surface area (TPSA) is 75.3 Å². The average Bonchev–Trinajstić information content (AvgIpc) is 3.21. The Bertz CT molecular complexity index is 979.